The maximum absolute atomic E-state index is 12.8. The van der Waals surface area contributed by atoms with Crippen molar-refractivity contribution in [3.8, 4) is 0 Å². The number of aryl methyl sites for hydroxylation is 2. The minimum absolute atomic E-state index is 0.192. The minimum Gasteiger partial charge on any atom is -0.335 e. The smallest absolute Gasteiger partial charge is 0.254 e. The first-order valence-electron chi connectivity index (χ1n) is 7.56. The topological polar surface area (TPSA) is 20.3 Å². The lowest BCUT2D eigenvalue weighted by Gasteiger charge is -2.22. The van der Waals surface area contributed by atoms with Crippen molar-refractivity contribution in [1.29, 1.82) is 0 Å². The summed E-state index contributed by atoms with van der Waals surface area (Å²) >= 11 is 1.77. The van der Waals surface area contributed by atoms with E-state index in [0.29, 0.717) is 6.04 Å². The highest BCUT2D eigenvalue weighted by Gasteiger charge is 2.32. The quantitative estimate of drug-likeness (QED) is 0.810. The predicted octanol–water partition coefficient (Wildman–Crippen LogP) is 4.21. The molecule has 0 bridgehead atoms. The van der Waals surface area contributed by atoms with Gasteiger partial charge in [-0.3, -0.25) is 4.79 Å². The van der Waals surface area contributed by atoms with Crippen LogP contribution < -0.4 is 0 Å². The molecule has 3 heteroatoms. The molecule has 0 saturated heterocycles. The van der Waals surface area contributed by atoms with Crippen molar-refractivity contribution < 1.29 is 4.79 Å². The van der Waals surface area contributed by atoms with Crippen molar-refractivity contribution in [2.24, 2.45) is 0 Å². The van der Waals surface area contributed by atoms with Gasteiger partial charge in [0.1, 0.15) is 0 Å². The number of thiophene rings is 1. The lowest BCUT2D eigenvalue weighted by Crippen LogP contribution is -2.34. The van der Waals surface area contributed by atoms with Gasteiger partial charge in [-0.15, -0.1) is 11.3 Å². The van der Waals surface area contributed by atoms with Crippen LogP contribution >= 0.6 is 11.3 Å². The molecule has 1 fully saturated rings. The molecule has 3 rings (SSSR count). The Kier molecular flexibility index (Phi) is 4.11. The van der Waals surface area contributed by atoms with Crippen LogP contribution in [0.3, 0.4) is 0 Å². The second kappa shape index (κ2) is 6.02. The van der Waals surface area contributed by atoms with Gasteiger partial charge in [0.25, 0.3) is 5.91 Å². The molecule has 0 atom stereocenters. The summed E-state index contributed by atoms with van der Waals surface area (Å²) in [6.45, 7) is 4.98. The Labute approximate surface area is 130 Å². The fraction of sp³-hybridized carbons (Fsp3) is 0.389. The molecule has 1 aromatic carbocycles. The summed E-state index contributed by atoms with van der Waals surface area (Å²) < 4.78 is 0. The first kappa shape index (κ1) is 14.3. The number of carbonyl (C=O) groups excluding carboxylic acids is 1. The number of benzene rings is 1. The molecule has 1 aliphatic carbocycles. The first-order chi connectivity index (χ1) is 10.1. The van der Waals surface area contributed by atoms with Crippen molar-refractivity contribution in [2.75, 3.05) is 6.54 Å². The van der Waals surface area contributed by atoms with E-state index in [1.807, 2.05) is 18.2 Å². The molecule has 0 unspecified atom stereocenters. The van der Waals surface area contributed by atoms with Crippen LogP contribution in [0.15, 0.2) is 35.7 Å². The lowest BCUT2D eigenvalue weighted by molar-refractivity contribution is 0.0745. The highest BCUT2D eigenvalue weighted by molar-refractivity contribution is 7.09. The van der Waals surface area contributed by atoms with Crippen molar-refractivity contribution >= 4 is 17.2 Å². The summed E-state index contributed by atoms with van der Waals surface area (Å²) in [6, 6.07) is 10.7. The zero-order valence-corrected chi connectivity index (χ0v) is 13.5. The molecule has 2 nitrogen and oxygen atoms in total. The maximum Gasteiger partial charge on any atom is 0.254 e. The fourth-order valence-corrected chi connectivity index (χ4v) is 3.26. The van der Waals surface area contributed by atoms with Gasteiger partial charge in [0.15, 0.2) is 0 Å². The summed E-state index contributed by atoms with van der Waals surface area (Å²) in [5.41, 5.74) is 3.26. The highest BCUT2D eigenvalue weighted by atomic mass is 32.1. The van der Waals surface area contributed by atoms with Gasteiger partial charge >= 0.3 is 0 Å². The maximum atomic E-state index is 12.8. The van der Waals surface area contributed by atoms with Gasteiger partial charge < -0.3 is 4.90 Å². The summed E-state index contributed by atoms with van der Waals surface area (Å²) in [7, 11) is 0. The number of hydrogen-bond acceptors (Lipinski definition) is 2. The molecule has 1 saturated carbocycles. The molecule has 0 aliphatic heterocycles. The van der Waals surface area contributed by atoms with Gasteiger partial charge in [-0.25, -0.2) is 0 Å². The standard InChI is InChI=1S/C18H21NOS/c1-13-5-6-15(12-14(13)2)18(20)19(16-7-8-16)10-9-17-4-3-11-21-17/h3-6,11-12,16H,7-10H2,1-2H3. The van der Waals surface area contributed by atoms with E-state index in [4.69, 9.17) is 0 Å². The van der Waals surface area contributed by atoms with Crippen LogP contribution in [-0.2, 0) is 6.42 Å². The Balaban J connectivity index is 1.73. The number of nitrogens with zero attached hydrogens (tertiary/aromatic N) is 1. The highest BCUT2D eigenvalue weighted by Crippen LogP contribution is 2.29. The molecular formula is C18H21NOS. The number of carbonyl (C=O) groups is 1. The van der Waals surface area contributed by atoms with Crippen LogP contribution in [-0.4, -0.2) is 23.4 Å². The Bertz CT molecular complexity index is 629. The van der Waals surface area contributed by atoms with E-state index in [2.05, 4.69) is 36.3 Å². The van der Waals surface area contributed by atoms with Crippen LogP contribution in [0.1, 0.15) is 39.2 Å². The molecule has 0 radical (unpaired) electrons. The summed E-state index contributed by atoms with van der Waals surface area (Å²) in [5.74, 6) is 0.192. The second-order valence-corrected chi connectivity index (χ2v) is 6.89. The van der Waals surface area contributed by atoms with Crippen LogP contribution in [0.5, 0.6) is 0 Å². The van der Waals surface area contributed by atoms with Crippen LogP contribution in [0.2, 0.25) is 0 Å². The van der Waals surface area contributed by atoms with Gasteiger partial charge in [-0.05, 0) is 67.8 Å². The Morgan fingerprint density at radius 2 is 2.05 bits per heavy atom. The summed E-state index contributed by atoms with van der Waals surface area (Å²) in [5, 5.41) is 2.10. The zero-order chi connectivity index (χ0) is 14.8. The zero-order valence-electron chi connectivity index (χ0n) is 12.6. The van der Waals surface area contributed by atoms with E-state index in [1.54, 1.807) is 11.3 Å². The minimum atomic E-state index is 0.192. The molecular weight excluding hydrogens is 278 g/mol. The molecule has 1 aliphatic rings. The Hall–Kier alpha value is -1.61. The van der Waals surface area contributed by atoms with Crippen LogP contribution in [0, 0.1) is 13.8 Å². The number of rotatable bonds is 5. The predicted molar refractivity (Wildman–Crippen MR) is 88.0 cm³/mol. The molecule has 2 aromatic rings. The van der Waals surface area contributed by atoms with E-state index in [1.165, 1.54) is 16.0 Å². The third kappa shape index (κ3) is 3.35. The summed E-state index contributed by atoms with van der Waals surface area (Å²) in [6.07, 6.45) is 3.27. The monoisotopic (exact) mass is 299 g/mol. The van der Waals surface area contributed by atoms with Gasteiger partial charge in [0.05, 0.1) is 0 Å². The van der Waals surface area contributed by atoms with Crippen LogP contribution in [0.25, 0.3) is 0 Å². The van der Waals surface area contributed by atoms with E-state index in [0.717, 1.165) is 31.4 Å². The molecule has 1 aromatic heterocycles. The fourth-order valence-electron chi connectivity index (χ4n) is 2.56. The van der Waals surface area contributed by atoms with Gasteiger partial charge in [0, 0.05) is 23.0 Å². The molecule has 21 heavy (non-hydrogen) atoms. The molecule has 0 N–H and O–H groups in total. The Morgan fingerprint density at radius 3 is 2.67 bits per heavy atom. The number of hydrogen-bond donors (Lipinski definition) is 0. The molecule has 110 valence electrons. The van der Waals surface area contributed by atoms with Crippen LogP contribution in [0.4, 0.5) is 0 Å². The molecule has 1 heterocycles. The average Bonchev–Trinajstić information content (AvgIpc) is 3.17. The lowest BCUT2D eigenvalue weighted by atomic mass is 10.1. The average molecular weight is 299 g/mol. The third-order valence-electron chi connectivity index (χ3n) is 4.18. The van der Waals surface area contributed by atoms with Gasteiger partial charge in [-0.2, -0.15) is 0 Å². The van der Waals surface area contributed by atoms with E-state index >= 15 is 0 Å². The van der Waals surface area contributed by atoms with E-state index in [-0.39, 0.29) is 5.91 Å². The first-order valence-corrected chi connectivity index (χ1v) is 8.44. The van der Waals surface area contributed by atoms with E-state index < -0.39 is 0 Å². The summed E-state index contributed by atoms with van der Waals surface area (Å²) in [4.78, 5) is 16.2. The second-order valence-electron chi connectivity index (χ2n) is 5.86. The van der Waals surface area contributed by atoms with E-state index in [9.17, 15) is 4.79 Å². The van der Waals surface area contributed by atoms with Crippen molar-refractivity contribution in [3.63, 3.8) is 0 Å². The van der Waals surface area contributed by atoms with Crippen molar-refractivity contribution in [3.05, 3.63) is 57.3 Å². The van der Waals surface area contributed by atoms with Crippen molar-refractivity contribution in [1.82, 2.24) is 4.90 Å². The molecule has 0 spiro atoms. The van der Waals surface area contributed by atoms with Gasteiger partial charge in [-0.1, -0.05) is 12.1 Å². The Morgan fingerprint density at radius 1 is 1.24 bits per heavy atom. The SMILES string of the molecule is Cc1ccc(C(=O)N(CCc2cccs2)C2CC2)cc1C. The third-order valence-corrected chi connectivity index (χ3v) is 5.12. The van der Waals surface area contributed by atoms with Crippen molar-refractivity contribution in [2.45, 2.75) is 39.2 Å². The number of amides is 1. The normalized spacial score (nSPS) is 14.2. The van der Waals surface area contributed by atoms with Gasteiger partial charge in [0.2, 0.25) is 0 Å². The molecule has 1 amide bonds. The largest absolute Gasteiger partial charge is 0.335 e.